The Labute approximate surface area is 131 Å². The molecule has 1 heterocycles. The molecule has 22 heavy (non-hydrogen) atoms. The number of nitrogens with zero attached hydrogens (tertiary/aromatic N) is 1. The van der Waals surface area contributed by atoms with Gasteiger partial charge in [-0.2, -0.15) is 0 Å². The second kappa shape index (κ2) is 8.60. The van der Waals surface area contributed by atoms with E-state index in [9.17, 15) is 14.4 Å². The van der Waals surface area contributed by atoms with Crippen molar-refractivity contribution in [3.63, 3.8) is 0 Å². The monoisotopic (exact) mass is 313 g/mol. The van der Waals surface area contributed by atoms with E-state index in [2.05, 4.69) is 10.6 Å². The minimum atomic E-state index is -0.527. The van der Waals surface area contributed by atoms with Crippen molar-refractivity contribution in [2.24, 2.45) is 5.92 Å². The SMILES string of the molecule is CCOC(=O)N1CCC(NC(=O)[C@H](NC(C)=O)C(C)C)CC1. The molecule has 0 bridgehead atoms. The molecule has 0 aromatic carbocycles. The van der Waals surface area contributed by atoms with Crippen LogP contribution in [0.15, 0.2) is 0 Å². The van der Waals surface area contributed by atoms with Gasteiger partial charge in [-0.15, -0.1) is 0 Å². The number of ether oxygens (including phenoxy) is 1. The lowest BCUT2D eigenvalue weighted by Gasteiger charge is -2.32. The largest absolute Gasteiger partial charge is 0.450 e. The summed E-state index contributed by atoms with van der Waals surface area (Å²) < 4.78 is 4.96. The molecule has 0 radical (unpaired) electrons. The standard InChI is InChI=1S/C15H27N3O4/c1-5-22-15(21)18-8-6-12(7-9-18)17-14(20)13(10(2)3)16-11(4)19/h10,12-13H,5-9H2,1-4H3,(H,16,19)(H,17,20)/t13-/m1/s1. The van der Waals surface area contributed by atoms with Crippen molar-refractivity contribution in [3.8, 4) is 0 Å². The van der Waals surface area contributed by atoms with Gasteiger partial charge in [-0.1, -0.05) is 13.8 Å². The van der Waals surface area contributed by atoms with Crippen LogP contribution in [0.25, 0.3) is 0 Å². The molecule has 0 aliphatic carbocycles. The van der Waals surface area contributed by atoms with Crippen LogP contribution in [0.4, 0.5) is 4.79 Å². The van der Waals surface area contributed by atoms with E-state index in [1.165, 1.54) is 6.92 Å². The molecule has 1 atom stereocenters. The lowest BCUT2D eigenvalue weighted by Crippen LogP contribution is -2.54. The van der Waals surface area contributed by atoms with Crippen LogP contribution in [0.5, 0.6) is 0 Å². The number of likely N-dealkylation sites (tertiary alicyclic amines) is 1. The summed E-state index contributed by atoms with van der Waals surface area (Å²) in [7, 11) is 0. The number of nitrogens with one attached hydrogen (secondary N) is 2. The molecule has 3 amide bonds. The topological polar surface area (TPSA) is 87.7 Å². The molecule has 0 saturated carbocycles. The zero-order chi connectivity index (χ0) is 16.7. The number of hydrogen-bond acceptors (Lipinski definition) is 4. The Morgan fingerprint density at radius 2 is 1.82 bits per heavy atom. The number of piperidine rings is 1. The lowest BCUT2D eigenvalue weighted by atomic mass is 10.0. The van der Waals surface area contributed by atoms with Crippen molar-refractivity contribution < 1.29 is 19.1 Å². The molecule has 1 rings (SSSR count). The van der Waals surface area contributed by atoms with Crippen LogP contribution in [0.2, 0.25) is 0 Å². The number of rotatable bonds is 5. The summed E-state index contributed by atoms with van der Waals surface area (Å²) in [6.45, 7) is 8.46. The quantitative estimate of drug-likeness (QED) is 0.789. The second-order valence-corrected chi connectivity index (χ2v) is 5.89. The van der Waals surface area contributed by atoms with Gasteiger partial charge >= 0.3 is 6.09 Å². The highest BCUT2D eigenvalue weighted by Crippen LogP contribution is 2.12. The molecule has 126 valence electrons. The van der Waals surface area contributed by atoms with Gasteiger partial charge in [0.1, 0.15) is 6.04 Å². The highest BCUT2D eigenvalue weighted by atomic mass is 16.6. The second-order valence-electron chi connectivity index (χ2n) is 5.89. The van der Waals surface area contributed by atoms with Crippen molar-refractivity contribution in [2.75, 3.05) is 19.7 Å². The first kappa shape index (κ1) is 18.3. The third-order valence-corrected chi connectivity index (χ3v) is 3.68. The Hall–Kier alpha value is -1.79. The maximum atomic E-state index is 12.3. The molecular weight excluding hydrogens is 286 g/mol. The van der Waals surface area contributed by atoms with Gasteiger partial charge in [-0.25, -0.2) is 4.79 Å². The van der Waals surface area contributed by atoms with E-state index in [0.717, 1.165) is 0 Å². The van der Waals surface area contributed by atoms with E-state index >= 15 is 0 Å². The molecule has 0 spiro atoms. The summed E-state index contributed by atoms with van der Waals surface area (Å²) in [5, 5.41) is 5.64. The summed E-state index contributed by atoms with van der Waals surface area (Å²) in [4.78, 5) is 36.7. The molecule has 0 aromatic heterocycles. The van der Waals surface area contributed by atoms with Crippen LogP contribution in [-0.4, -0.2) is 54.6 Å². The van der Waals surface area contributed by atoms with Gasteiger partial charge < -0.3 is 20.3 Å². The van der Waals surface area contributed by atoms with Crippen LogP contribution in [0, 0.1) is 5.92 Å². The van der Waals surface area contributed by atoms with Crippen molar-refractivity contribution in [1.82, 2.24) is 15.5 Å². The Balaban J connectivity index is 2.46. The number of carbonyl (C=O) groups is 3. The highest BCUT2D eigenvalue weighted by Gasteiger charge is 2.28. The summed E-state index contributed by atoms with van der Waals surface area (Å²) >= 11 is 0. The fourth-order valence-electron chi connectivity index (χ4n) is 2.47. The van der Waals surface area contributed by atoms with Crippen molar-refractivity contribution in [3.05, 3.63) is 0 Å². The fraction of sp³-hybridized carbons (Fsp3) is 0.800. The Morgan fingerprint density at radius 3 is 2.27 bits per heavy atom. The van der Waals surface area contributed by atoms with E-state index in [1.54, 1.807) is 11.8 Å². The summed E-state index contributed by atoms with van der Waals surface area (Å²) in [6, 6.07) is -0.506. The normalized spacial score (nSPS) is 17.0. The average molecular weight is 313 g/mol. The van der Waals surface area contributed by atoms with Crippen LogP contribution in [0.1, 0.15) is 40.5 Å². The maximum Gasteiger partial charge on any atom is 0.409 e. The van der Waals surface area contributed by atoms with Gasteiger partial charge in [0.15, 0.2) is 0 Å². The van der Waals surface area contributed by atoms with E-state index in [1.807, 2.05) is 13.8 Å². The lowest BCUT2D eigenvalue weighted by molar-refractivity contribution is -0.129. The van der Waals surface area contributed by atoms with E-state index < -0.39 is 6.04 Å². The van der Waals surface area contributed by atoms with Gasteiger partial charge in [0.05, 0.1) is 6.61 Å². The first-order valence-corrected chi connectivity index (χ1v) is 7.84. The Kier molecular flexibility index (Phi) is 7.14. The molecule has 1 aliphatic heterocycles. The van der Waals surface area contributed by atoms with Crippen molar-refractivity contribution in [1.29, 1.82) is 0 Å². The zero-order valence-electron chi connectivity index (χ0n) is 13.8. The van der Waals surface area contributed by atoms with Crippen LogP contribution >= 0.6 is 0 Å². The third-order valence-electron chi connectivity index (χ3n) is 3.68. The molecule has 7 heteroatoms. The molecule has 0 unspecified atom stereocenters. The predicted molar refractivity (Wildman–Crippen MR) is 82.2 cm³/mol. The Morgan fingerprint density at radius 1 is 1.23 bits per heavy atom. The smallest absolute Gasteiger partial charge is 0.409 e. The van der Waals surface area contributed by atoms with Gasteiger partial charge in [0, 0.05) is 26.1 Å². The van der Waals surface area contributed by atoms with Crippen molar-refractivity contribution in [2.45, 2.75) is 52.6 Å². The van der Waals surface area contributed by atoms with E-state index in [0.29, 0.717) is 32.5 Å². The van der Waals surface area contributed by atoms with Gasteiger partial charge in [0.2, 0.25) is 11.8 Å². The van der Waals surface area contributed by atoms with Gasteiger partial charge in [-0.3, -0.25) is 9.59 Å². The van der Waals surface area contributed by atoms with Gasteiger partial charge in [0.25, 0.3) is 0 Å². The predicted octanol–water partition coefficient (Wildman–Crippen LogP) is 0.884. The summed E-state index contributed by atoms with van der Waals surface area (Å²) in [6.07, 6.45) is 1.08. The van der Waals surface area contributed by atoms with Gasteiger partial charge in [-0.05, 0) is 25.7 Å². The van der Waals surface area contributed by atoms with E-state index in [-0.39, 0.29) is 29.9 Å². The minimum absolute atomic E-state index is 0.0171. The molecule has 7 nitrogen and oxygen atoms in total. The number of hydrogen-bond donors (Lipinski definition) is 2. The number of amides is 3. The molecule has 0 aromatic rings. The maximum absolute atomic E-state index is 12.3. The third kappa shape index (κ3) is 5.54. The fourth-order valence-corrected chi connectivity index (χ4v) is 2.47. The summed E-state index contributed by atoms with van der Waals surface area (Å²) in [5.41, 5.74) is 0. The van der Waals surface area contributed by atoms with Crippen LogP contribution in [-0.2, 0) is 14.3 Å². The van der Waals surface area contributed by atoms with Crippen LogP contribution < -0.4 is 10.6 Å². The highest BCUT2D eigenvalue weighted by molar-refractivity contribution is 5.87. The summed E-state index contributed by atoms with van der Waals surface area (Å²) in [5.74, 6) is -0.366. The van der Waals surface area contributed by atoms with E-state index in [4.69, 9.17) is 4.74 Å². The number of carbonyl (C=O) groups excluding carboxylic acids is 3. The van der Waals surface area contributed by atoms with Crippen molar-refractivity contribution >= 4 is 17.9 Å². The Bertz CT molecular complexity index is 404. The van der Waals surface area contributed by atoms with Crippen LogP contribution in [0.3, 0.4) is 0 Å². The zero-order valence-corrected chi connectivity index (χ0v) is 13.8. The minimum Gasteiger partial charge on any atom is -0.450 e. The average Bonchev–Trinajstić information content (AvgIpc) is 2.45. The molecular formula is C15H27N3O4. The first-order valence-electron chi connectivity index (χ1n) is 7.84. The first-order chi connectivity index (χ1) is 10.3. The molecule has 1 aliphatic rings. The molecule has 1 fully saturated rings. The molecule has 2 N–H and O–H groups in total. The molecule has 1 saturated heterocycles.